The van der Waals surface area contributed by atoms with E-state index in [-0.39, 0.29) is 11.9 Å². The van der Waals surface area contributed by atoms with Crippen LogP contribution in [-0.2, 0) is 20.9 Å². The number of carboxylic acid groups (broad SMARTS) is 2. The standard InChI is InChI=1S/C16H25N3OS.2C2HF3O2/c1-11(2)19-14(16(20)17-3)7-12-8-18(10-15(12)19)9-13-5-4-6-21-13;2*3-2(4,5)1(6)7/h4-6,11-12,14-15H,7-10H2,1-3H3,(H,17,20);2*(H,6,7)/t12-,14-,15+;;/m0../s1. The molecule has 0 saturated carbocycles. The minimum Gasteiger partial charge on any atom is -0.475 e. The number of halogens is 6. The molecular weight excluding hydrogens is 508 g/mol. The van der Waals surface area contributed by atoms with E-state index >= 15 is 0 Å². The number of alkyl halides is 6. The molecule has 2 aliphatic heterocycles. The molecule has 200 valence electrons. The smallest absolute Gasteiger partial charge is 0.475 e. The minimum absolute atomic E-state index is 0.0638. The van der Waals surface area contributed by atoms with Crippen molar-refractivity contribution >= 4 is 29.2 Å². The number of carboxylic acids is 2. The molecule has 3 rings (SSSR count). The van der Waals surface area contributed by atoms with Gasteiger partial charge >= 0.3 is 24.3 Å². The van der Waals surface area contributed by atoms with Gasteiger partial charge in [0, 0.05) is 43.6 Å². The lowest BCUT2D eigenvalue weighted by Crippen LogP contribution is -2.50. The summed E-state index contributed by atoms with van der Waals surface area (Å²) in [5, 5.41) is 19.2. The van der Waals surface area contributed by atoms with Crippen LogP contribution in [0.4, 0.5) is 26.3 Å². The van der Waals surface area contributed by atoms with Gasteiger partial charge in [-0.2, -0.15) is 26.3 Å². The van der Waals surface area contributed by atoms with Crippen LogP contribution in [0.25, 0.3) is 0 Å². The van der Waals surface area contributed by atoms with Crippen LogP contribution in [0.15, 0.2) is 17.5 Å². The molecule has 0 aromatic carbocycles. The Labute approximate surface area is 201 Å². The predicted molar refractivity (Wildman–Crippen MR) is 114 cm³/mol. The molecule has 1 aromatic heterocycles. The van der Waals surface area contributed by atoms with E-state index in [9.17, 15) is 31.1 Å². The average Bonchev–Trinajstić information content (AvgIpc) is 3.43. The first-order chi connectivity index (χ1) is 16.0. The van der Waals surface area contributed by atoms with Crippen molar-refractivity contribution in [2.45, 2.75) is 57.3 Å². The van der Waals surface area contributed by atoms with Gasteiger partial charge in [-0.05, 0) is 37.6 Å². The number of fused-ring (bicyclic) bond motifs is 1. The highest BCUT2D eigenvalue weighted by molar-refractivity contribution is 7.09. The Hall–Kier alpha value is -2.39. The highest BCUT2D eigenvalue weighted by Crippen LogP contribution is 2.37. The van der Waals surface area contributed by atoms with Crippen LogP contribution in [0.1, 0.15) is 25.1 Å². The number of carbonyl (C=O) groups is 3. The highest BCUT2D eigenvalue weighted by Gasteiger charge is 2.49. The van der Waals surface area contributed by atoms with Crippen molar-refractivity contribution in [2.75, 3.05) is 20.1 Å². The van der Waals surface area contributed by atoms with Gasteiger partial charge in [0.25, 0.3) is 0 Å². The molecule has 3 N–H and O–H groups in total. The van der Waals surface area contributed by atoms with Crippen molar-refractivity contribution in [3.05, 3.63) is 22.4 Å². The van der Waals surface area contributed by atoms with Crippen LogP contribution in [0.3, 0.4) is 0 Å². The van der Waals surface area contributed by atoms with Crippen molar-refractivity contribution in [2.24, 2.45) is 5.92 Å². The zero-order valence-corrected chi connectivity index (χ0v) is 19.9. The molecule has 0 radical (unpaired) electrons. The lowest BCUT2D eigenvalue weighted by molar-refractivity contribution is -0.193. The van der Waals surface area contributed by atoms with Crippen LogP contribution in [0.2, 0.25) is 0 Å². The van der Waals surface area contributed by atoms with Crippen LogP contribution in [0, 0.1) is 5.92 Å². The van der Waals surface area contributed by atoms with E-state index in [0.29, 0.717) is 18.0 Å². The summed E-state index contributed by atoms with van der Waals surface area (Å²) in [6.45, 7) is 7.69. The van der Waals surface area contributed by atoms with Crippen LogP contribution in [0.5, 0.6) is 0 Å². The van der Waals surface area contributed by atoms with Crippen molar-refractivity contribution in [3.8, 4) is 0 Å². The summed E-state index contributed by atoms with van der Waals surface area (Å²) < 4.78 is 63.5. The zero-order valence-electron chi connectivity index (χ0n) is 19.1. The molecule has 2 fully saturated rings. The van der Waals surface area contributed by atoms with Crippen molar-refractivity contribution in [3.63, 3.8) is 0 Å². The van der Waals surface area contributed by atoms with Gasteiger partial charge in [0.15, 0.2) is 0 Å². The molecule has 3 atom stereocenters. The third kappa shape index (κ3) is 9.29. The molecule has 2 aliphatic rings. The molecule has 8 nitrogen and oxygen atoms in total. The van der Waals surface area contributed by atoms with Crippen LogP contribution < -0.4 is 5.32 Å². The molecule has 0 bridgehead atoms. The summed E-state index contributed by atoms with van der Waals surface area (Å²) >= 11 is 1.83. The fourth-order valence-corrected chi connectivity index (χ4v) is 4.80. The number of hydrogen-bond acceptors (Lipinski definition) is 6. The van der Waals surface area contributed by atoms with E-state index in [1.807, 2.05) is 11.3 Å². The first-order valence-electron chi connectivity index (χ1n) is 10.3. The number of aliphatic carboxylic acids is 2. The summed E-state index contributed by atoms with van der Waals surface area (Å²) in [6, 6.07) is 5.36. The largest absolute Gasteiger partial charge is 0.490 e. The van der Waals surface area contributed by atoms with Crippen LogP contribution >= 0.6 is 11.3 Å². The Kier molecular flexibility index (Phi) is 11.0. The fraction of sp³-hybridized carbons (Fsp3) is 0.650. The number of hydrogen-bond donors (Lipinski definition) is 3. The molecular formula is C20H27F6N3O5S. The summed E-state index contributed by atoms with van der Waals surface area (Å²) in [7, 11) is 1.75. The van der Waals surface area contributed by atoms with Crippen molar-refractivity contribution < 1.29 is 50.9 Å². The minimum atomic E-state index is -5.08. The number of thiophene rings is 1. The first-order valence-corrected chi connectivity index (χ1v) is 11.2. The van der Waals surface area contributed by atoms with Crippen molar-refractivity contribution in [1.82, 2.24) is 15.1 Å². The van der Waals surface area contributed by atoms with Gasteiger partial charge in [0.1, 0.15) is 0 Å². The Morgan fingerprint density at radius 2 is 1.60 bits per heavy atom. The summed E-state index contributed by atoms with van der Waals surface area (Å²) in [5.41, 5.74) is 0. The first kappa shape index (κ1) is 30.6. The number of likely N-dealkylation sites (tertiary alicyclic amines) is 2. The number of nitrogens with zero attached hydrogens (tertiary/aromatic N) is 2. The summed E-state index contributed by atoms with van der Waals surface area (Å²) in [4.78, 5) is 36.4. The van der Waals surface area contributed by atoms with E-state index in [1.54, 1.807) is 7.05 Å². The highest BCUT2D eigenvalue weighted by atomic mass is 32.1. The molecule has 35 heavy (non-hydrogen) atoms. The Morgan fingerprint density at radius 1 is 1.09 bits per heavy atom. The second-order valence-corrected chi connectivity index (χ2v) is 9.15. The molecule has 0 spiro atoms. The number of likely N-dealkylation sites (N-methyl/N-ethyl adjacent to an activating group) is 1. The third-order valence-electron chi connectivity index (χ3n) is 5.34. The molecule has 0 aliphatic carbocycles. The predicted octanol–water partition coefficient (Wildman–Crippen LogP) is 3.04. The normalized spacial score (nSPS) is 22.5. The van der Waals surface area contributed by atoms with Gasteiger partial charge in [0.05, 0.1) is 6.04 Å². The Balaban J connectivity index is 0.000000362. The average molecular weight is 536 g/mol. The molecule has 15 heteroatoms. The monoisotopic (exact) mass is 535 g/mol. The van der Waals surface area contributed by atoms with E-state index in [4.69, 9.17) is 19.8 Å². The summed E-state index contributed by atoms with van der Waals surface area (Å²) in [6.07, 6.45) is -9.16. The third-order valence-corrected chi connectivity index (χ3v) is 6.20. The Bertz CT molecular complexity index is 823. The number of amides is 1. The number of nitrogens with one attached hydrogen (secondary N) is 1. The van der Waals surface area contributed by atoms with E-state index in [2.05, 4.69) is 46.5 Å². The van der Waals surface area contributed by atoms with Crippen molar-refractivity contribution in [1.29, 1.82) is 0 Å². The molecule has 3 heterocycles. The van der Waals surface area contributed by atoms with Gasteiger partial charge in [-0.1, -0.05) is 6.07 Å². The molecule has 1 amide bonds. The van der Waals surface area contributed by atoms with Gasteiger partial charge in [-0.15, -0.1) is 11.3 Å². The SMILES string of the molecule is CNC(=O)[C@@H]1C[C@H]2CN(Cc3cccs3)C[C@H]2N1C(C)C.O=C(O)C(F)(F)F.O=C(O)C(F)(F)F. The second-order valence-electron chi connectivity index (χ2n) is 8.11. The molecule has 0 unspecified atom stereocenters. The second kappa shape index (κ2) is 12.5. The van der Waals surface area contributed by atoms with Crippen LogP contribution in [-0.4, -0.2) is 88.5 Å². The topological polar surface area (TPSA) is 110 Å². The van der Waals surface area contributed by atoms with Gasteiger partial charge in [0.2, 0.25) is 5.91 Å². The molecule has 2 saturated heterocycles. The van der Waals surface area contributed by atoms with Gasteiger partial charge in [-0.3, -0.25) is 14.6 Å². The van der Waals surface area contributed by atoms with E-state index < -0.39 is 24.3 Å². The maximum atomic E-state index is 12.1. The van der Waals surface area contributed by atoms with Gasteiger partial charge in [-0.25, -0.2) is 9.59 Å². The zero-order chi connectivity index (χ0) is 27.1. The number of carbonyl (C=O) groups excluding carboxylic acids is 1. The summed E-state index contributed by atoms with van der Waals surface area (Å²) in [5.74, 6) is -4.70. The maximum absolute atomic E-state index is 12.1. The number of rotatable bonds is 4. The maximum Gasteiger partial charge on any atom is 0.490 e. The quantitative estimate of drug-likeness (QED) is 0.509. The lowest BCUT2D eigenvalue weighted by Gasteiger charge is -2.33. The lowest BCUT2D eigenvalue weighted by atomic mass is 10.0. The van der Waals surface area contributed by atoms with E-state index in [0.717, 1.165) is 26.1 Å². The van der Waals surface area contributed by atoms with Gasteiger partial charge < -0.3 is 15.5 Å². The fourth-order valence-electron chi connectivity index (χ4n) is 4.05. The Morgan fingerprint density at radius 3 is 1.97 bits per heavy atom. The molecule has 1 aromatic rings. The van der Waals surface area contributed by atoms with E-state index in [1.165, 1.54) is 4.88 Å².